The van der Waals surface area contributed by atoms with Crippen molar-refractivity contribution in [2.75, 3.05) is 11.9 Å². The summed E-state index contributed by atoms with van der Waals surface area (Å²) in [6.07, 6.45) is 1.64. The summed E-state index contributed by atoms with van der Waals surface area (Å²) < 4.78 is 0. The molecule has 96 valence electrons. The minimum absolute atomic E-state index is 0.156. The number of nitrogens with two attached hydrogens (primary N) is 1. The summed E-state index contributed by atoms with van der Waals surface area (Å²) in [7, 11) is 1.68. The van der Waals surface area contributed by atoms with Gasteiger partial charge in [-0.15, -0.1) is 0 Å². The van der Waals surface area contributed by atoms with Gasteiger partial charge in [-0.25, -0.2) is 4.98 Å². The van der Waals surface area contributed by atoms with Crippen molar-refractivity contribution in [3.63, 3.8) is 0 Å². The zero-order valence-corrected chi connectivity index (χ0v) is 11.2. The van der Waals surface area contributed by atoms with E-state index in [4.69, 9.17) is 18.0 Å². The van der Waals surface area contributed by atoms with Crippen molar-refractivity contribution < 1.29 is 4.79 Å². The molecule has 0 fully saturated rings. The Morgan fingerprint density at radius 1 is 1.21 bits per heavy atom. The molecule has 0 saturated heterocycles. The zero-order valence-electron chi connectivity index (χ0n) is 10.4. The van der Waals surface area contributed by atoms with Crippen molar-refractivity contribution >= 4 is 28.9 Å². The predicted molar refractivity (Wildman–Crippen MR) is 79.3 cm³/mol. The Kier molecular flexibility index (Phi) is 3.87. The van der Waals surface area contributed by atoms with E-state index in [9.17, 15) is 4.79 Å². The van der Waals surface area contributed by atoms with Crippen molar-refractivity contribution in [3.05, 3.63) is 59.8 Å². The molecule has 19 heavy (non-hydrogen) atoms. The van der Waals surface area contributed by atoms with Crippen molar-refractivity contribution in [1.82, 2.24) is 4.98 Å². The van der Waals surface area contributed by atoms with Gasteiger partial charge in [0, 0.05) is 24.4 Å². The fraction of sp³-hybridized carbons (Fsp3) is 0.0714. The molecule has 2 rings (SSSR count). The van der Waals surface area contributed by atoms with E-state index in [1.54, 1.807) is 49.6 Å². The molecule has 0 aliphatic rings. The van der Waals surface area contributed by atoms with E-state index in [1.165, 1.54) is 4.90 Å². The molecule has 0 radical (unpaired) electrons. The Morgan fingerprint density at radius 2 is 1.95 bits per heavy atom. The molecule has 2 N–H and O–H groups in total. The van der Waals surface area contributed by atoms with Crippen LogP contribution in [0.15, 0.2) is 48.7 Å². The molecule has 1 aromatic carbocycles. The number of anilines is 1. The van der Waals surface area contributed by atoms with Crippen LogP contribution in [0, 0.1) is 0 Å². The molecule has 0 aliphatic heterocycles. The van der Waals surface area contributed by atoms with Crippen LogP contribution < -0.4 is 10.6 Å². The van der Waals surface area contributed by atoms with Gasteiger partial charge < -0.3 is 5.73 Å². The molecule has 0 bridgehead atoms. The number of carbonyl (C=O) groups excluding carboxylic acids is 1. The van der Waals surface area contributed by atoms with Crippen LogP contribution in [-0.4, -0.2) is 22.9 Å². The van der Waals surface area contributed by atoms with Gasteiger partial charge in [-0.05, 0) is 24.3 Å². The summed E-state index contributed by atoms with van der Waals surface area (Å²) in [6, 6.07) is 12.4. The molecule has 4 nitrogen and oxygen atoms in total. The summed E-state index contributed by atoms with van der Waals surface area (Å²) in [5.41, 5.74) is 6.77. The highest BCUT2D eigenvalue weighted by Crippen LogP contribution is 2.13. The number of amides is 1. The fourth-order valence-electron chi connectivity index (χ4n) is 1.66. The first-order valence-electron chi connectivity index (χ1n) is 5.68. The molecule has 5 heteroatoms. The Morgan fingerprint density at radius 3 is 2.58 bits per heavy atom. The number of hydrogen-bond acceptors (Lipinski definition) is 3. The smallest absolute Gasteiger partial charge is 0.259 e. The lowest BCUT2D eigenvalue weighted by atomic mass is 10.1. The standard InChI is InChI=1S/C14H13N3OS/c1-17(12-7-2-3-8-16-12)14(18)11-6-4-5-10(9-11)13(15)19/h2-9H,1H3,(H2,15,19). The van der Waals surface area contributed by atoms with E-state index in [0.29, 0.717) is 16.9 Å². The number of rotatable bonds is 3. The average Bonchev–Trinajstić information content (AvgIpc) is 2.46. The van der Waals surface area contributed by atoms with Crippen LogP contribution in [0.1, 0.15) is 15.9 Å². The van der Waals surface area contributed by atoms with Crippen molar-refractivity contribution in [1.29, 1.82) is 0 Å². The van der Waals surface area contributed by atoms with Crippen LogP contribution in [0.5, 0.6) is 0 Å². The van der Waals surface area contributed by atoms with Crippen LogP contribution in [-0.2, 0) is 0 Å². The fourth-order valence-corrected chi connectivity index (χ4v) is 1.78. The van der Waals surface area contributed by atoms with Crippen LogP contribution in [0.2, 0.25) is 0 Å². The summed E-state index contributed by atoms with van der Waals surface area (Å²) in [6.45, 7) is 0. The van der Waals surface area contributed by atoms with Crippen LogP contribution in [0.4, 0.5) is 5.82 Å². The minimum Gasteiger partial charge on any atom is -0.389 e. The van der Waals surface area contributed by atoms with E-state index >= 15 is 0 Å². The van der Waals surface area contributed by atoms with Gasteiger partial charge in [-0.1, -0.05) is 30.4 Å². The van der Waals surface area contributed by atoms with E-state index in [1.807, 2.05) is 6.07 Å². The molecule has 1 aromatic heterocycles. The second-order valence-corrected chi connectivity index (χ2v) is 4.44. The maximum absolute atomic E-state index is 12.3. The molecular formula is C14H13N3OS. The van der Waals surface area contributed by atoms with Crippen LogP contribution >= 0.6 is 12.2 Å². The van der Waals surface area contributed by atoms with E-state index < -0.39 is 0 Å². The maximum atomic E-state index is 12.3. The molecular weight excluding hydrogens is 258 g/mol. The van der Waals surface area contributed by atoms with Crippen LogP contribution in [0.3, 0.4) is 0 Å². The first-order valence-corrected chi connectivity index (χ1v) is 6.09. The van der Waals surface area contributed by atoms with Gasteiger partial charge in [-0.2, -0.15) is 0 Å². The molecule has 0 saturated carbocycles. The highest BCUT2D eigenvalue weighted by atomic mass is 32.1. The topological polar surface area (TPSA) is 59.2 Å². The Labute approximate surface area is 116 Å². The number of carbonyl (C=O) groups is 1. The largest absolute Gasteiger partial charge is 0.389 e. The van der Waals surface area contributed by atoms with E-state index in [-0.39, 0.29) is 10.9 Å². The first kappa shape index (κ1) is 13.2. The third-order valence-corrected chi connectivity index (χ3v) is 2.93. The lowest BCUT2D eigenvalue weighted by Gasteiger charge is -2.16. The number of benzene rings is 1. The Balaban J connectivity index is 2.29. The summed E-state index contributed by atoms with van der Waals surface area (Å²) >= 11 is 4.91. The molecule has 1 heterocycles. The van der Waals surface area contributed by atoms with Gasteiger partial charge in [0.25, 0.3) is 5.91 Å². The minimum atomic E-state index is -0.156. The first-order chi connectivity index (χ1) is 9.09. The van der Waals surface area contributed by atoms with Gasteiger partial charge >= 0.3 is 0 Å². The molecule has 0 spiro atoms. The predicted octanol–water partition coefficient (Wildman–Crippen LogP) is 1.99. The Bertz CT molecular complexity index is 613. The van der Waals surface area contributed by atoms with Crippen molar-refractivity contribution in [2.24, 2.45) is 5.73 Å². The van der Waals surface area contributed by atoms with Gasteiger partial charge in [-0.3, -0.25) is 9.69 Å². The highest BCUT2D eigenvalue weighted by molar-refractivity contribution is 7.80. The third-order valence-electron chi connectivity index (χ3n) is 2.69. The van der Waals surface area contributed by atoms with E-state index in [0.717, 1.165) is 0 Å². The number of pyridine rings is 1. The van der Waals surface area contributed by atoms with Crippen molar-refractivity contribution in [3.8, 4) is 0 Å². The average molecular weight is 271 g/mol. The SMILES string of the molecule is CN(C(=O)c1cccc(C(N)=S)c1)c1ccccn1. The number of thiocarbonyl (C=S) groups is 1. The summed E-state index contributed by atoms with van der Waals surface area (Å²) in [5.74, 6) is 0.435. The molecule has 1 amide bonds. The maximum Gasteiger partial charge on any atom is 0.259 e. The number of nitrogens with zero attached hydrogens (tertiary/aromatic N) is 2. The van der Waals surface area contributed by atoms with Gasteiger partial charge in [0.2, 0.25) is 0 Å². The molecule has 2 aromatic rings. The van der Waals surface area contributed by atoms with E-state index in [2.05, 4.69) is 4.98 Å². The summed E-state index contributed by atoms with van der Waals surface area (Å²) in [5, 5.41) is 0. The lowest BCUT2D eigenvalue weighted by molar-refractivity contribution is 0.0992. The second-order valence-electron chi connectivity index (χ2n) is 4.00. The zero-order chi connectivity index (χ0) is 13.8. The lowest BCUT2D eigenvalue weighted by Crippen LogP contribution is -2.27. The monoisotopic (exact) mass is 271 g/mol. The quantitative estimate of drug-likeness (QED) is 0.867. The summed E-state index contributed by atoms with van der Waals surface area (Å²) in [4.78, 5) is 18.2. The number of aromatic nitrogens is 1. The highest BCUT2D eigenvalue weighted by Gasteiger charge is 2.14. The molecule has 0 atom stereocenters. The molecule has 0 aliphatic carbocycles. The number of hydrogen-bond donors (Lipinski definition) is 1. The molecule has 0 unspecified atom stereocenters. The van der Waals surface area contributed by atoms with Gasteiger partial charge in [0.15, 0.2) is 0 Å². The van der Waals surface area contributed by atoms with Gasteiger partial charge in [0.05, 0.1) is 0 Å². The van der Waals surface area contributed by atoms with Crippen LogP contribution in [0.25, 0.3) is 0 Å². The van der Waals surface area contributed by atoms with Crippen molar-refractivity contribution in [2.45, 2.75) is 0 Å². The van der Waals surface area contributed by atoms with Gasteiger partial charge in [0.1, 0.15) is 10.8 Å². The normalized spacial score (nSPS) is 9.95. The third kappa shape index (κ3) is 2.95. The Hall–Kier alpha value is -2.27. The second kappa shape index (κ2) is 5.58.